The van der Waals surface area contributed by atoms with Gasteiger partial charge in [0.05, 0.1) is 0 Å². The molecule has 0 bridgehead atoms. The van der Waals surface area contributed by atoms with Crippen LogP contribution in [-0.2, 0) is 13.0 Å². The number of aromatic nitrogens is 1. The van der Waals surface area contributed by atoms with Crippen molar-refractivity contribution in [1.29, 1.82) is 0 Å². The van der Waals surface area contributed by atoms with Gasteiger partial charge in [-0.1, -0.05) is 36.4 Å². The van der Waals surface area contributed by atoms with E-state index in [1.54, 1.807) is 0 Å². The van der Waals surface area contributed by atoms with Crippen LogP contribution in [0.15, 0.2) is 54.9 Å². The van der Waals surface area contributed by atoms with Crippen molar-refractivity contribution >= 4 is 0 Å². The average Bonchev–Trinajstić information content (AvgIpc) is 2.63. The Kier molecular flexibility index (Phi) is 6.39. The number of nitrogens with zero attached hydrogens (tertiary/aromatic N) is 2. The third-order valence-electron chi connectivity index (χ3n) is 5.12. The maximum absolute atomic E-state index is 6.10. The highest BCUT2D eigenvalue weighted by Gasteiger charge is 2.24. The highest BCUT2D eigenvalue weighted by atomic mass is 15.2. The Morgan fingerprint density at radius 3 is 2.42 bits per heavy atom. The molecule has 1 aromatic heterocycles. The zero-order valence-electron chi connectivity index (χ0n) is 14.5. The van der Waals surface area contributed by atoms with E-state index in [0.717, 1.165) is 32.4 Å². The molecule has 2 N–H and O–H groups in total. The normalized spacial score (nSPS) is 21.1. The predicted octanol–water partition coefficient (Wildman–Crippen LogP) is 3.79. The lowest BCUT2D eigenvalue weighted by Crippen LogP contribution is -2.41. The number of benzene rings is 1. The van der Waals surface area contributed by atoms with Gasteiger partial charge in [-0.25, -0.2) is 0 Å². The van der Waals surface area contributed by atoms with Crippen LogP contribution >= 0.6 is 0 Å². The SMILES string of the molecule is NC1CCC(N(CCCc2ccccc2)Cc2cccnc2)CC1. The van der Waals surface area contributed by atoms with Gasteiger partial charge < -0.3 is 5.73 Å². The van der Waals surface area contributed by atoms with Crippen LogP contribution < -0.4 is 5.73 Å². The molecule has 1 aliphatic carbocycles. The third kappa shape index (κ3) is 5.15. The molecule has 3 heteroatoms. The maximum Gasteiger partial charge on any atom is 0.0312 e. The molecule has 0 aliphatic heterocycles. The molecule has 1 aromatic carbocycles. The molecular weight excluding hydrogens is 294 g/mol. The summed E-state index contributed by atoms with van der Waals surface area (Å²) in [5.74, 6) is 0. The Morgan fingerprint density at radius 1 is 0.958 bits per heavy atom. The van der Waals surface area contributed by atoms with Crippen LogP contribution in [0.5, 0.6) is 0 Å². The number of hydrogen-bond donors (Lipinski definition) is 1. The fourth-order valence-corrected chi connectivity index (χ4v) is 3.71. The molecule has 1 saturated carbocycles. The molecule has 1 fully saturated rings. The second-order valence-electron chi connectivity index (χ2n) is 6.99. The second-order valence-corrected chi connectivity index (χ2v) is 6.99. The van der Waals surface area contributed by atoms with Gasteiger partial charge in [0, 0.05) is 31.0 Å². The monoisotopic (exact) mass is 323 g/mol. The van der Waals surface area contributed by atoms with Crippen molar-refractivity contribution in [2.75, 3.05) is 6.54 Å². The first-order valence-corrected chi connectivity index (χ1v) is 9.24. The van der Waals surface area contributed by atoms with Gasteiger partial charge >= 0.3 is 0 Å². The van der Waals surface area contributed by atoms with E-state index in [2.05, 4.69) is 46.3 Å². The lowest BCUT2D eigenvalue weighted by molar-refractivity contribution is 0.140. The quantitative estimate of drug-likeness (QED) is 0.843. The Bertz CT molecular complexity index is 577. The minimum Gasteiger partial charge on any atom is -0.328 e. The first kappa shape index (κ1) is 17.1. The van der Waals surface area contributed by atoms with Crippen molar-refractivity contribution < 1.29 is 0 Å². The van der Waals surface area contributed by atoms with E-state index < -0.39 is 0 Å². The van der Waals surface area contributed by atoms with Gasteiger partial charge in [-0.3, -0.25) is 9.88 Å². The molecule has 3 nitrogen and oxygen atoms in total. The largest absolute Gasteiger partial charge is 0.328 e. The number of hydrogen-bond acceptors (Lipinski definition) is 3. The molecule has 0 radical (unpaired) electrons. The molecule has 0 spiro atoms. The van der Waals surface area contributed by atoms with E-state index in [9.17, 15) is 0 Å². The van der Waals surface area contributed by atoms with Crippen molar-refractivity contribution in [1.82, 2.24) is 9.88 Å². The molecule has 128 valence electrons. The first-order chi connectivity index (χ1) is 11.8. The van der Waals surface area contributed by atoms with Crippen LogP contribution in [0.2, 0.25) is 0 Å². The lowest BCUT2D eigenvalue weighted by atomic mass is 9.90. The Labute approximate surface area is 145 Å². The highest BCUT2D eigenvalue weighted by Crippen LogP contribution is 2.24. The summed E-state index contributed by atoms with van der Waals surface area (Å²) in [6, 6.07) is 16.1. The summed E-state index contributed by atoms with van der Waals surface area (Å²) in [7, 11) is 0. The molecule has 3 rings (SSSR count). The molecule has 0 atom stereocenters. The summed E-state index contributed by atoms with van der Waals surface area (Å²) in [5, 5.41) is 0. The van der Waals surface area contributed by atoms with Gasteiger partial charge in [-0.2, -0.15) is 0 Å². The van der Waals surface area contributed by atoms with Gasteiger partial charge in [0.25, 0.3) is 0 Å². The van der Waals surface area contributed by atoms with Crippen LogP contribution in [0.3, 0.4) is 0 Å². The average molecular weight is 323 g/mol. The minimum atomic E-state index is 0.408. The number of rotatable bonds is 7. The zero-order valence-corrected chi connectivity index (χ0v) is 14.5. The van der Waals surface area contributed by atoms with E-state index in [-0.39, 0.29) is 0 Å². The lowest BCUT2D eigenvalue weighted by Gasteiger charge is -2.36. The standard InChI is InChI=1S/C21H29N3/c22-20-10-12-21(13-11-20)24(17-19-8-4-14-23-16-19)15-5-9-18-6-2-1-3-7-18/h1-4,6-8,14,16,20-21H,5,9-13,15,17,22H2. The zero-order chi connectivity index (χ0) is 16.6. The molecule has 0 saturated heterocycles. The van der Waals surface area contributed by atoms with E-state index >= 15 is 0 Å². The van der Waals surface area contributed by atoms with Crippen molar-refractivity contribution in [3.63, 3.8) is 0 Å². The smallest absolute Gasteiger partial charge is 0.0312 e. The van der Waals surface area contributed by atoms with E-state index in [4.69, 9.17) is 5.73 Å². The van der Waals surface area contributed by atoms with Gasteiger partial charge in [0.15, 0.2) is 0 Å². The Hall–Kier alpha value is -1.71. The van der Waals surface area contributed by atoms with Crippen LogP contribution in [-0.4, -0.2) is 28.5 Å². The first-order valence-electron chi connectivity index (χ1n) is 9.24. The number of pyridine rings is 1. The topological polar surface area (TPSA) is 42.1 Å². The summed E-state index contributed by atoms with van der Waals surface area (Å²) < 4.78 is 0. The second kappa shape index (κ2) is 8.95. The molecule has 0 amide bonds. The van der Waals surface area contributed by atoms with Gasteiger partial charge in [0.2, 0.25) is 0 Å². The van der Waals surface area contributed by atoms with Crippen molar-refractivity contribution in [3.8, 4) is 0 Å². The van der Waals surface area contributed by atoms with Crippen LogP contribution in [0.4, 0.5) is 0 Å². The Balaban J connectivity index is 1.58. The summed E-state index contributed by atoms with van der Waals surface area (Å²) in [5.41, 5.74) is 8.84. The number of aryl methyl sites for hydroxylation is 1. The predicted molar refractivity (Wildman–Crippen MR) is 99.6 cm³/mol. The van der Waals surface area contributed by atoms with Crippen molar-refractivity contribution in [3.05, 3.63) is 66.0 Å². The molecule has 1 aliphatic rings. The molecule has 2 aromatic rings. The van der Waals surface area contributed by atoms with Crippen LogP contribution in [0.25, 0.3) is 0 Å². The van der Waals surface area contributed by atoms with Gasteiger partial charge in [-0.15, -0.1) is 0 Å². The molecule has 1 heterocycles. The van der Waals surface area contributed by atoms with E-state index in [1.807, 2.05) is 18.5 Å². The maximum atomic E-state index is 6.10. The molecular formula is C21H29N3. The Morgan fingerprint density at radius 2 is 1.71 bits per heavy atom. The van der Waals surface area contributed by atoms with Crippen molar-refractivity contribution in [2.24, 2.45) is 5.73 Å². The fraction of sp³-hybridized carbons (Fsp3) is 0.476. The van der Waals surface area contributed by atoms with Crippen LogP contribution in [0.1, 0.15) is 43.2 Å². The van der Waals surface area contributed by atoms with Crippen molar-refractivity contribution in [2.45, 2.75) is 57.2 Å². The third-order valence-corrected chi connectivity index (χ3v) is 5.12. The number of nitrogens with two attached hydrogens (primary N) is 1. The molecule has 24 heavy (non-hydrogen) atoms. The highest BCUT2D eigenvalue weighted by molar-refractivity contribution is 5.14. The molecule has 0 unspecified atom stereocenters. The van der Waals surface area contributed by atoms with Gasteiger partial charge in [0.1, 0.15) is 0 Å². The summed E-state index contributed by atoms with van der Waals surface area (Å²) in [4.78, 5) is 6.93. The minimum absolute atomic E-state index is 0.408. The van der Waals surface area contributed by atoms with Gasteiger partial charge in [-0.05, 0) is 62.3 Å². The summed E-state index contributed by atoms with van der Waals surface area (Å²) in [6.07, 6.45) is 11.0. The van der Waals surface area contributed by atoms with E-state index in [0.29, 0.717) is 12.1 Å². The summed E-state index contributed by atoms with van der Waals surface area (Å²) in [6.45, 7) is 2.15. The fourth-order valence-electron chi connectivity index (χ4n) is 3.71. The summed E-state index contributed by atoms with van der Waals surface area (Å²) >= 11 is 0. The van der Waals surface area contributed by atoms with Crippen LogP contribution in [0, 0.1) is 0 Å². The van der Waals surface area contributed by atoms with E-state index in [1.165, 1.54) is 30.4 Å².